The number of urea groups is 1. The molecule has 0 radical (unpaired) electrons. The number of likely N-dealkylation sites (N-methyl/N-ethyl adjacent to an activating group) is 1. The highest BCUT2D eigenvalue weighted by Gasteiger charge is 2.25. The highest BCUT2D eigenvalue weighted by atomic mass is 16.5. The van der Waals surface area contributed by atoms with Gasteiger partial charge in [-0.15, -0.1) is 0 Å². The molecule has 0 spiro atoms. The normalized spacial score (nSPS) is 19.9. The summed E-state index contributed by atoms with van der Waals surface area (Å²) in [6.07, 6.45) is 2.49. The zero-order chi connectivity index (χ0) is 15.1. The minimum absolute atomic E-state index is 0.0288. The van der Waals surface area contributed by atoms with Crippen LogP contribution in [-0.2, 0) is 14.3 Å². The molecule has 0 aromatic carbocycles. The van der Waals surface area contributed by atoms with Crippen LogP contribution < -0.4 is 11.1 Å². The number of primary amides is 1. The molecule has 8 heteroatoms. The summed E-state index contributed by atoms with van der Waals surface area (Å²) in [7, 11) is 1.55. The molecule has 3 amide bonds. The summed E-state index contributed by atoms with van der Waals surface area (Å²) >= 11 is 0. The average molecular weight is 287 g/mol. The van der Waals surface area contributed by atoms with Gasteiger partial charge in [0.05, 0.1) is 12.5 Å². The molecule has 1 unspecified atom stereocenters. The molecule has 8 nitrogen and oxygen atoms in total. The van der Waals surface area contributed by atoms with Crippen LogP contribution >= 0.6 is 0 Å². The van der Waals surface area contributed by atoms with Gasteiger partial charge >= 0.3 is 12.0 Å². The van der Waals surface area contributed by atoms with Gasteiger partial charge in [0.2, 0.25) is 5.91 Å². The maximum Gasteiger partial charge on any atom is 0.326 e. The number of nitrogens with two attached hydrogens (primary N) is 1. The first-order chi connectivity index (χ1) is 9.40. The molecule has 0 saturated carbocycles. The number of amides is 3. The molecule has 1 fully saturated rings. The molecule has 0 aliphatic carbocycles. The number of carboxylic acid groups (broad SMARTS) is 1. The van der Waals surface area contributed by atoms with Crippen molar-refractivity contribution in [3.05, 3.63) is 0 Å². The van der Waals surface area contributed by atoms with Gasteiger partial charge in [-0.2, -0.15) is 0 Å². The van der Waals surface area contributed by atoms with E-state index in [2.05, 4.69) is 5.32 Å². The van der Waals surface area contributed by atoms with Crippen molar-refractivity contribution < 1.29 is 24.2 Å². The van der Waals surface area contributed by atoms with Crippen LogP contribution in [0.3, 0.4) is 0 Å². The van der Waals surface area contributed by atoms with Gasteiger partial charge in [0.15, 0.2) is 0 Å². The van der Waals surface area contributed by atoms with E-state index in [1.165, 1.54) is 4.90 Å². The maximum atomic E-state index is 11.9. The van der Waals surface area contributed by atoms with Crippen LogP contribution in [0.4, 0.5) is 4.79 Å². The van der Waals surface area contributed by atoms with E-state index in [4.69, 9.17) is 15.6 Å². The van der Waals surface area contributed by atoms with Gasteiger partial charge in [0.25, 0.3) is 0 Å². The number of hydrogen-bond donors (Lipinski definition) is 3. The van der Waals surface area contributed by atoms with E-state index < -0.39 is 30.4 Å². The molecule has 1 rings (SSSR count). The predicted octanol–water partition coefficient (Wildman–Crippen LogP) is -0.474. The number of nitrogens with zero attached hydrogens (tertiary/aromatic N) is 1. The Bertz CT molecular complexity index is 368. The predicted molar refractivity (Wildman–Crippen MR) is 70.0 cm³/mol. The standard InChI is InChI=1S/C12H21N3O5/c1-15(7-8-4-2-3-5-20-8)12(19)14-9(11(17)18)6-10(13)16/h8-9H,2-7H2,1H3,(H2,13,16)(H,14,19)(H,17,18)/t8?,9-/m0/s1. The van der Waals surface area contributed by atoms with Crippen molar-refractivity contribution in [1.82, 2.24) is 10.2 Å². The van der Waals surface area contributed by atoms with Crippen LogP contribution in [0.15, 0.2) is 0 Å². The van der Waals surface area contributed by atoms with Gasteiger partial charge in [0.1, 0.15) is 6.04 Å². The molecular weight excluding hydrogens is 266 g/mol. The molecule has 1 aliphatic rings. The summed E-state index contributed by atoms with van der Waals surface area (Å²) in [5, 5.41) is 11.2. The second-order valence-corrected chi connectivity index (χ2v) is 4.88. The lowest BCUT2D eigenvalue weighted by Gasteiger charge is -2.28. The van der Waals surface area contributed by atoms with Gasteiger partial charge < -0.3 is 25.8 Å². The van der Waals surface area contributed by atoms with Crippen LogP contribution in [0.25, 0.3) is 0 Å². The second-order valence-electron chi connectivity index (χ2n) is 4.88. The molecule has 0 aromatic heterocycles. The first kappa shape index (κ1) is 16.2. The zero-order valence-corrected chi connectivity index (χ0v) is 11.5. The van der Waals surface area contributed by atoms with E-state index in [1.807, 2.05) is 0 Å². The summed E-state index contributed by atoms with van der Waals surface area (Å²) in [6, 6.07) is -1.87. The summed E-state index contributed by atoms with van der Waals surface area (Å²) in [4.78, 5) is 34.9. The smallest absolute Gasteiger partial charge is 0.326 e. The monoisotopic (exact) mass is 287 g/mol. The fourth-order valence-corrected chi connectivity index (χ4v) is 2.00. The summed E-state index contributed by atoms with van der Waals surface area (Å²) in [5.41, 5.74) is 4.95. The number of hydrogen-bond acceptors (Lipinski definition) is 4. The Kier molecular flexibility index (Phi) is 6.23. The van der Waals surface area contributed by atoms with Gasteiger partial charge in [-0.05, 0) is 19.3 Å². The van der Waals surface area contributed by atoms with Gasteiger partial charge in [-0.3, -0.25) is 4.79 Å². The van der Waals surface area contributed by atoms with Crippen molar-refractivity contribution in [2.24, 2.45) is 5.73 Å². The largest absolute Gasteiger partial charge is 0.480 e. The Hall–Kier alpha value is -1.83. The van der Waals surface area contributed by atoms with Crippen molar-refractivity contribution in [3.8, 4) is 0 Å². The molecule has 0 bridgehead atoms. The number of ether oxygens (including phenoxy) is 1. The van der Waals surface area contributed by atoms with E-state index in [0.29, 0.717) is 13.2 Å². The lowest BCUT2D eigenvalue weighted by atomic mass is 10.1. The quantitative estimate of drug-likeness (QED) is 0.609. The van der Waals surface area contributed by atoms with Gasteiger partial charge in [-0.25, -0.2) is 9.59 Å². The number of rotatable bonds is 6. The van der Waals surface area contributed by atoms with Crippen LogP contribution in [0.2, 0.25) is 0 Å². The van der Waals surface area contributed by atoms with Crippen LogP contribution in [0.5, 0.6) is 0 Å². The first-order valence-electron chi connectivity index (χ1n) is 6.54. The summed E-state index contributed by atoms with van der Waals surface area (Å²) in [5.74, 6) is -2.07. The highest BCUT2D eigenvalue weighted by molar-refractivity contribution is 5.87. The average Bonchev–Trinajstić information content (AvgIpc) is 2.38. The third-order valence-electron chi connectivity index (χ3n) is 3.10. The number of carboxylic acids is 1. The van der Waals surface area contributed by atoms with E-state index >= 15 is 0 Å². The highest BCUT2D eigenvalue weighted by Crippen LogP contribution is 2.13. The van der Waals surface area contributed by atoms with E-state index in [-0.39, 0.29) is 6.10 Å². The third-order valence-corrected chi connectivity index (χ3v) is 3.10. The molecule has 2 atom stereocenters. The van der Waals surface area contributed by atoms with Crippen LogP contribution in [-0.4, -0.2) is 60.3 Å². The van der Waals surface area contributed by atoms with Crippen LogP contribution in [0, 0.1) is 0 Å². The van der Waals surface area contributed by atoms with Gasteiger partial charge in [-0.1, -0.05) is 0 Å². The number of carbonyl (C=O) groups is 3. The molecule has 114 valence electrons. The van der Waals surface area contributed by atoms with Crippen molar-refractivity contribution in [2.45, 2.75) is 37.8 Å². The molecule has 1 saturated heterocycles. The topological polar surface area (TPSA) is 122 Å². The van der Waals surface area contributed by atoms with Crippen LogP contribution in [0.1, 0.15) is 25.7 Å². The van der Waals surface area contributed by atoms with Crippen molar-refractivity contribution in [3.63, 3.8) is 0 Å². The lowest BCUT2D eigenvalue weighted by molar-refractivity contribution is -0.140. The number of carbonyl (C=O) groups excluding carboxylic acids is 2. The second kappa shape index (κ2) is 7.68. The third kappa shape index (κ3) is 5.43. The Morgan fingerprint density at radius 3 is 2.65 bits per heavy atom. The fourth-order valence-electron chi connectivity index (χ4n) is 2.00. The van der Waals surface area contributed by atoms with Crippen molar-refractivity contribution in [2.75, 3.05) is 20.2 Å². The van der Waals surface area contributed by atoms with Gasteiger partial charge in [0, 0.05) is 20.2 Å². The molecule has 1 aliphatic heterocycles. The maximum absolute atomic E-state index is 11.9. The molecule has 1 heterocycles. The minimum Gasteiger partial charge on any atom is -0.480 e. The lowest BCUT2D eigenvalue weighted by Crippen LogP contribution is -2.50. The Labute approximate surface area is 117 Å². The first-order valence-corrected chi connectivity index (χ1v) is 6.54. The SMILES string of the molecule is CN(CC1CCCCO1)C(=O)N[C@@H](CC(N)=O)C(=O)O. The van der Waals surface area contributed by atoms with E-state index in [1.54, 1.807) is 7.05 Å². The fraction of sp³-hybridized carbons (Fsp3) is 0.750. The van der Waals surface area contributed by atoms with Crippen molar-refractivity contribution >= 4 is 17.9 Å². The van der Waals surface area contributed by atoms with Crippen molar-refractivity contribution in [1.29, 1.82) is 0 Å². The summed E-state index contributed by atoms with van der Waals surface area (Å²) in [6.45, 7) is 1.06. The zero-order valence-electron chi connectivity index (χ0n) is 11.5. The van der Waals surface area contributed by atoms with E-state index in [9.17, 15) is 14.4 Å². The van der Waals surface area contributed by atoms with E-state index in [0.717, 1.165) is 19.3 Å². The number of nitrogens with one attached hydrogen (secondary N) is 1. The Morgan fingerprint density at radius 1 is 1.45 bits per heavy atom. The summed E-state index contributed by atoms with van der Waals surface area (Å²) < 4.78 is 5.50. The molecule has 0 aromatic rings. The molecule has 4 N–H and O–H groups in total. The molecule has 20 heavy (non-hydrogen) atoms. The molecular formula is C12H21N3O5. The minimum atomic E-state index is -1.31. The Morgan fingerprint density at radius 2 is 2.15 bits per heavy atom. The number of aliphatic carboxylic acids is 1. The Balaban J connectivity index is 2.45.